The molecule has 3 atom stereocenters. The fourth-order valence-electron chi connectivity index (χ4n) is 2.53. The fourth-order valence-corrected chi connectivity index (χ4v) is 2.53. The van der Waals surface area contributed by atoms with Crippen LogP contribution in [-0.4, -0.2) is 35.2 Å². The Kier molecular flexibility index (Phi) is 5.07. The van der Waals surface area contributed by atoms with Crippen molar-refractivity contribution in [1.82, 2.24) is 4.90 Å². The molecule has 15 heavy (non-hydrogen) atoms. The maximum atomic E-state index is 10.0. The molecule has 0 spiro atoms. The molecule has 1 fully saturated rings. The third kappa shape index (κ3) is 3.46. The molecule has 0 amide bonds. The maximum absolute atomic E-state index is 10.0. The van der Waals surface area contributed by atoms with Crippen molar-refractivity contribution >= 4 is 0 Å². The summed E-state index contributed by atoms with van der Waals surface area (Å²) in [6, 6.07) is 0.698. The number of aliphatic hydroxyl groups is 1. The third-order valence-electron chi connectivity index (χ3n) is 3.91. The van der Waals surface area contributed by atoms with Crippen LogP contribution < -0.4 is 0 Å². The summed E-state index contributed by atoms with van der Waals surface area (Å²) in [5, 5.41) is 10.0. The maximum Gasteiger partial charge on any atom is 0.0692 e. The minimum Gasteiger partial charge on any atom is -0.392 e. The Labute approximate surface area is 94.7 Å². The molecule has 1 heterocycles. The van der Waals surface area contributed by atoms with Crippen LogP contribution in [0.4, 0.5) is 0 Å². The Morgan fingerprint density at radius 1 is 1.33 bits per heavy atom. The highest BCUT2D eigenvalue weighted by Crippen LogP contribution is 2.24. The zero-order chi connectivity index (χ0) is 11.4. The second kappa shape index (κ2) is 5.86. The van der Waals surface area contributed by atoms with E-state index in [1.807, 2.05) is 0 Å². The van der Waals surface area contributed by atoms with E-state index in [-0.39, 0.29) is 6.10 Å². The molecule has 1 aliphatic heterocycles. The molecule has 3 unspecified atom stereocenters. The van der Waals surface area contributed by atoms with E-state index in [2.05, 4.69) is 32.6 Å². The number of β-amino-alcohol motifs (C(OH)–C–C–N with tert-alkyl or cyclic N) is 1. The van der Waals surface area contributed by atoms with E-state index in [0.717, 1.165) is 18.9 Å². The van der Waals surface area contributed by atoms with Crippen LogP contribution in [0.15, 0.2) is 0 Å². The van der Waals surface area contributed by atoms with Crippen molar-refractivity contribution in [3.63, 3.8) is 0 Å². The molecule has 2 heteroatoms. The molecular weight excluding hydrogens is 186 g/mol. The zero-order valence-corrected chi connectivity index (χ0v) is 10.7. The molecule has 0 aromatic heterocycles. The first kappa shape index (κ1) is 13.0. The highest BCUT2D eigenvalue weighted by atomic mass is 16.3. The minimum absolute atomic E-state index is 0.144. The van der Waals surface area contributed by atoms with Crippen molar-refractivity contribution < 1.29 is 5.11 Å². The average Bonchev–Trinajstić information content (AvgIpc) is 2.64. The van der Waals surface area contributed by atoms with Crippen LogP contribution in [0.5, 0.6) is 0 Å². The van der Waals surface area contributed by atoms with Gasteiger partial charge in [0, 0.05) is 12.6 Å². The van der Waals surface area contributed by atoms with Gasteiger partial charge in [-0.3, -0.25) is 4.90 Å². The molecule has 2 nitrogen and oxygen atoms in total. The summed E-state index contributed by atoms with van der Waals surface area (Å²) in [4.78, 5) is 2.49. The van der Waals surface area contributed by atoms with Crippen LogP contribution >= 0.6 is 0 Å². The summed E-state index contributed by atoms with van der Waals surface area (Å²) in [6.07, 6.45) is 3.54. The van der Waals surface area contributed by atoms with E-state index in [9.17, 15) is 5.11 Å². The van der Waals surface area contributed by atoms with Gasteiger partial charge in [-0.05, 0) is 31.2 Å². The van der Waals surface area contributed by atoms with Crippen LogP contribution in [-0.2, 0) is 0 Å². The van der Waals surface area contributed by atoms with E-state index in [4.69, 9.17) is 0 Å². The number of rotatable bonds is 5. The summed E-state index contributed by atoms with van der Waals surface area (Å²) >= 11 is 0. The van der Waals surface area contributed by atoms with Crippen molar-refractivity contribution in [3.8, 4) is 0 Å². The summed E-state index contributed by atoms with van der Waals surface area (Å²) in [6.45, 7) is 10.9. The van der Waals surface area contributed by atoms with Gasteiger partial charge in [-0.2, -0.15) is 0 Å². The average molecular weight is 213 g/mol. The molecule has 0 bridgehead atoms. The molecule has 0 radical (unpaired) electrons. The number of nitrogens with zero attached hydrogens (tertiary/aromatic N) is 1. The van der Waals surface area contributed by atoms with Gasteiger partial charge >= 0.3 is 0 Å². The zero-order valence-electron chi connectivity index (χ0n) is 10.7. The Morgan fingerprint density at radius 2 is 2.00 bits per heavy atom. The fraction of sp³-hybridized carbons (Fsp3) is 1.00. The minimum atomic E-state index is -0.144. The number of hydrogen-bond acceptors (Lipinski definition) is 2. The normalized spacial score (nSPS) is 27.2. The third-order valence-corrected chi connectivity index (χ3v) is 3.91. The molecule has 1 aliphatic rings. The largest absolute Gasteiger partial charge is 0.392 e. The first-order valence-electron chi connectivity index (χ1n) is 6.48. The molecule has 0 aromatic rings. The molecule has 90 valence electrons. The smallest absolute Gasteiger partial charge is 0.0692 e. The van der Waals surface area contributed by atoms with Crippen molar-refractivity contribution in [2.45, 2.75) is 59.1 Å². The first-order chi connectivity index (χ1) is 7.06. The van der Waals surface area contributed by atoms with E-state index >= 15 is 0 Å². The molecule has 1 rings (SSSR count). The molecule has 1 N–H and O–H groups in total. The molecular formula is C13H27NO. The van der Waals surface area contributed by atoms with Gasteiger partial charge in [0.15, 0.2) is 0 Å². The van der Waals surface area contributed by atoms with E-state index in [0.29, 0.717) is 12.0 Å². The highest BCUT2D eigenvalue weighted by Gasteiger charge is 2.29. The predicted octanol–water partition coefficient (Wildman–Crippen LogP) is 2.51. The monoisotopic (exact) mass is 213 g/mol. The topological polar surface area (TPSA) is 23.5 Å². The van der Waals surface area contributed by atoms with Gasteiger partial charge in [0.2, 0.25) is 0 Å². The molecule has 0 aromatic carbocycles. The predicted molar refractivity (Wildman–Crippen MR) is 64.9 cm³/mol. The van der Waals surface area contributed by atoms with Gasteiger partial charge in [-0.15, -0.1) is 0 Å². The molecule has 1 saturated heterocycles. The molecule has 0 aliphatic carbocycles. The van der Waals surface area contributed by atoms with Gasteiger partial charge in [0.25, 0.3) is 0 Å². The van der Waals surface area contributed by atoms with E-state index < -0.39 is 0 Å². The molecule has 0 saturated carbocycles. The summed E-state index contributed by atoms with van der Waals surface area (Å²) in [7, 11) is 0. The van der Waals surface area contributed by atoms with Crippen LogP contribution in [0.2, 0.25) is 0 Å². The first-order valence-corrected chi connectivity index (χ1v) is 6.48. The van der Waals surface area contributed by atoms with Gasteiger partial charge in [-0.25, -0.2) is 0 Å². The standard InChI is InChI=1S/C13H27NO/c1-5-11(4)13(15)9-14-8-6-7-12(14)10(2)3/h10-13,15H,5-9H2,1-4H3. The van der Waals surface area contributed by atoms with Crippen molar-refractivity contribution in [2.24, 2.45) is 11.8 Å². The van der Waals surface area contributed by atoms with Crippen molar-refractivity contribution in [3.05, 3.63) is 0 Å². The van der Waals surface area contributed by atoms with Crippen molar-refractivity contribution in [2.75, 3.05) is 13.1 Å². The summed E-state index contributed by atoms with van der Waals surface area (Å²) in [5.74, 6) is 1.15. The van der Waals surface area contributed by atoms with E-state index in [1.54, 1.807) is 0 Å². The number of likely N-dealkylation sites (tertiary alicyclic amines) is 1. The van der Waals surface area contributed by atoms with E-state index in [1.165, 1.54) is 19.4 Å². The quantitative estimate of drug-likeness (QED) is 0.758. The lowest BCUT2D eigenvalue weighted by atomic mass is 9.99. The Morgan fingerprint density at radius 3 is 2.53 bits per heavy atom. The summed E-state index contributed by atoms with van der Waals surface area (Å²) in [5.41, 5.74) is 0. The van der Waals surface area contributed by atoms with Gasteiger partial charge < -0.3 is 5.11 Å². The lowest BCUT2D eigenvalue weighted by Crippen LogP contribution is -2.40. The number of aliphatic hydroxyl groups excluding tert-OH is 1. The van der Waals surface area contributed by atoms with Crippen LogP contribution in [0, 0.1) is 11.8 Å². The lowest BCUT2D eigenvalue weighted by Gasteiger charge is -2.31. The lowest BCUT2D eigenvalue weighted by molar-refractivity contribution is 0.0562. The van der Waals surface area contributed by atoms with Gasteiger partial charge in [0.1, 0.15) is 0 Å². The van der Waals surface area contributed by atoms with Crippen LogP contribution in [0.1, 0.15) is 47.0 Å². The Balaban J connectivity index is 2.43. The van der Waals surface area contributed by atoms with Crippen LogP contribution in [0.3, 0.4) is 0 Å². The number of hydrogen-bond donors (Lipinski definition) is 1. The second-order valence-electron chi connectivity index (χ2n) is 5.40. The second-order valence-corrected chi connectivity index (χ2v) is 5.40. The Bertz CT molecular complexity index is 181. The Hall–Kier alpha value is -0.0800. The van der Waals surface area contributed by atoms with Crippen molar-refractivity contribution in [1.29, 1.82) is 0 Å². The SMILES string of the molecule is CCC(C)C(O)CN1CCCC1C(C)C. The van der Waals surface area contributed by atoms with Gasteiger partial charge in [-0.1, -0.05) is 34.1 Å². The van der Waals surface area contributed by atoms with Crippen LogP contribution in [0.25, 0.3) is 0 Å². The summed E-state index contributed by atoms with van der Waals surface area (Å²) < 4.78 is 0. The highest BCUT2D eigenvalue weighted by molar-refractivity contribution is 4.83. The van der Waals surface area contributed by atoms with Gasteiger partial charge in [0.05, 0.1) is 6.10 Å².